The second-order valence-electron chi connectivity index (χ2n) is 7.89. The number of aliphatic hydroxyl groups is 1. The van der Waals surface area contributed by atoms with Crippen molar-refractivity contribution < 1.29 is 22.7 Å². The highest BCUT2D eigenvalue weighted by atomic mass is 19.4. The van der Waals surface area contributed by atoms with Crippen molar-refractivity contribution in [3.8, 4) is 0 Å². The first kappa shape index (κ1) is 22.0. The Morgan fingerprint density at radius 2 is 1.72 bits per heavy atom. The van der Waals surface area contributed by atoms with E-state index >= 15 is 0 Å². The van der Waals surface area contributed by atoms with Crippen LogP contribution in [-0.4, -0.2) is 20.8 Å². The molecule has 0 amide bonds. The minimum Gasteiger partial charge on any atom is -0.376 e. The van der Waals surface area contributed by atoms with E-state index < -0.39 is 24.0 Å². The van der Waals surface area contributed by atoms with Crippen molar-refractivity contribution in [3.63, 3.8) is 0 Å². The zero-order valence-electron chi connectivity index (χ0n) is 17.2. The maximum absolute atomic E-state index is 14.2. The number of hydrogen-bond acceptors (Lipinski definition) is 2. The third-order valence-electron chi connectivity index (χ3n) is 5.67. The minimum absolute atomic E-state index is 0.130. The van der Waals surface area contributed by atoms with E-state index in [1.54, 1.807) is 65.5 Å². The van der Waals surface area contributed by atoms with Gasteiger partial charge in [0.2, 0.25) is 0 Å². The number of hydrogen-bond donors (Lipinski definition) is 1. The molecular weight excluding hydrogens is 420 g/mol. The molecule has 2 heterocycles. The molecule has 7 heteroatoms. The van der Waals surface area contributed by atoms with Crippen molar-refractivity contribution in [2.45, 2.75) is 37.6 Å². The Kier molecular flexibility index (Phi) is 6.02. The number of para-hydroxylation sites is 1. The molecule has 2 aromatic heterocycles. The lowest BCUT2D eigenvalue weighted by Crippen LogP contribution is -2.42. The molecule has 0 aliphatic carbocycles. The Morgan fingerprint density at radius 1 is 0.938 bits per heavy atom. The number of rotatable bonds is 7. The van der Waals surface area contributed by atoms with Gasteiger partial charge in [0.15, 0.2) is 5.60 Å². The van der Waals surface area contributed by atoms with Crippen molar-refractivity contribution >= 4 is 10.9 Å². The molecule has 1 N–H and O–H groups in total. The Bertz CT molecular complexity index is 1200. The summed E-state index contributed by atoms with van der Waals surface area (Å²) in [5.74, 6) is -0.415. The maximum Gasteiger partial charge on any atom is 0.421 e. The molecule has 0 bridgehead atoms. The van der Waals surface area contributed by atoms with Gasteiger partial charge >= 0.3 is 6.18 Å². The molecule has 1 atom stereocenters. The van der Waals surface area contributed by atoms with Gasteiger partial charge in [-0.1, -0.05) is 36.4 Å². The largest absolute Gasteiger partial charge is 0.421 e. The van der Waals surface area contributed by atoms with Gasteiger partial charge in [-0.2, -0.15) is 13.2 Å². The molecule has 2 aromatic carbocycles. The molecule has 0 saturated carbocycles. The first-order valence-electron chi connectivity index (χ1n) is 10.3. The van der Waals surface area contributed by atoms with Gasteiger partial charge in [-0.25, -0.2) is 4.39 Å². The fourth-order valence-corrected chi connectivity index (χ4v) is 4.06. The van der Waals surface area contributed by atoms with Crippen molar-refractivity contribution in [1.29, 1.82) is 0 Å². The molecule has 0 spiro atoms. The van der Waals surface area contributed by atoms with Crippen LogP contribution in [0.4, 0.5) is 17.6 Å². The number of fused-ring (bicyclic) bond motifs is 1. The molecule has 0 fully saturated rings. The third kappa shape index (κ3) is 4.39. The van der Waals surface area contributed by atoms with E-state index in [1.807, 2.05) is 0 Å². The van der Waals surface area contributed by atoms with Gasteiger partial charge in [-0.05, 0) is 54.7 Å². The molecule has 0 saturated heterocycles. The van der Waals surface area contributed by atoms with E-state index in [0.29, 0.717) is 22.9 Å². The van der Waals surface area contributed by atoms with Crippen molar-refractivity contribution in [2.75, 3.05) is 0 Å². The van der Waals surface area contributed by atoms with Crippen LogP contribution in [0.1, 0.15) is 29.5 Å². The molecule has 1 unspecified atom stereocenters. The molecule has 0 aliphatic rings. The second kappa shape index (κ2) is 8.74. The Hall–Kier alpha value is -3.19. The first-order chi connectivity index (χ1) is 15.3. The van der Waals surface area contributed by atoms with Crippen molar-refractivity contribution in [2.24, 2.45) is 0 Å². The zero-order valence-corrected chi connectivity index (χ0v) is 17.2. The number of aromatic nitrogens is 2. The summed E-state index contributed by atoms with van der Waals surface area (Å²) in [7, 11) is 0. The van der Waals surface area contributed by atoms with Crippen LogP contribution in [-0.2, 0) is 18.6 Å². The summed E-state index contributed by atoms with van der Waals surface area (Å²) in [4.78, 5) is 3.98. The average Bonchev–Trinajstić information content (AvgIpc) is 3.13. The zero-order chi connectivity index (χ0) is 22.8. The SMILES string of the molecule is OC(CCCc1cccnc1)(c1cn(Cc2cccc(F)c2)c2ccccc12)C(F)(F)F. The Morgan fingerprint density at radius 3 is 2.44 bits per heavy atom. The van der Waals surface area contributed by atoms with Gasteiger partial charge in [0, 0.05) is 41.6 Å². The van der Waals surface area contributed by atoms with Crippen LogP contribution >= 0.6 is 0 Å². The highest BCUT2D eigenvalue weighted by Gasteiger charge is 2.55. The number of aryl methyl sites for hydroxylation is 1. The standard InChI is InChI=1S/C25H22F4N2O/c26-20-9-3-6-19(14-20)16-31-17-22(21-10-1-2-11-23(21)31)24(32,25(27,28)29)12-4-7-18-8-5-13-30-15-18/h1-3,5-6,8-11,13-15,17,32H,4,7,12,16H2. The van der Waals surface area contributed by atoms with Crippen molar-refractivity contribution in [3.05, 3.63) is 102 Å². The van der Waals surface area contributed by atoms with E-state index in [0.717, 1.165) is 5.56 Å². The summed E-state index contributed by atoms with van der Waals surface area (Å²) in [5, 5.41) is 11.3. The van der Waals surface area contributed by atoms with E-state index in [2.05, 4.69) is 4.98 Å². The van der Waals surface area contributed by atoms with Crippen LogP contribution in [0.2, 0.25) is 0 Å². The summed E-state index contributed by atoms with van der Waals surface area (Å²) in [6.45, 7) is 0.182. The summed E-state index contributed by atoms with van der Waals surface area (Å²) in [6.07, 6.45) is -0.304. The second-order valence-corrected chi connectivity index (χ2v) is 7.89. The normalized spacial score (nSPS) is 13.9. The predicted molar refractivity (Wildman–Crippen MR) is 115 cm³/mol. The Balaban J connectivity index is 1.71. The van der Waals surface area contributed by atoms with Crippen LogP contribution < -0.4 is 0 Å². The lowest BCUT2D eigenvalue weighted by atomic mass is 9.87. The maximum atomic E-state index is 14.2. The monoisotopic (exact) mass is 442 g/mol. The van der Waals surface area contributed by atoms with Gasteiger partial charge < -0.3 is 9.67 Å². The van der Waals surface area contributed by atoms with Crippen LogP contribution in [0, 0.1) is 5.82 Å². The van der Waals surface area contributed by atoms with E-state index in [1.165, 1.54) is 18.3 Å². The highest BCUT2D eigenvalue weighted by molar-refractivity contribution is 5.85. The fraction of sp³-hybridized carbons (Fsp3) is 0.240. The third-order valence-corrected chi connectivity index (χ3v) is 5.67. The number of benzene rings is 2. The number of halogens is 4. The van der Waals surface area contributed by atoms with Gasteiger partial charge in [-0.15, -0.1) is 0 Å². The molecule has 0 aliphatic heterocycles. The molecule has 3 nitrogen and oxygen atoms in total. The lowest BCUT2D eigenvalue weighted by Gasteiger charge is -2.30. The number of alkyl halides is 3. The molecule has 0 radical (unpaired) electrons. The van der Waals surface area contributed by atoms with Crippen LogP contribution in [0.3, 0.4) is 0 Å². The summed E-state index contributed by atoms with van der Waals surface area (Å²) in [6, 6.07) is 16.1. The Labute approximate surface area is 183 Å². The quantitative estimate of drug-likeness (QED) is 0.357. The van der Waals surface area contributed by atoms with Gasteiger partial charge in [0.05, 0.1) is 0 Å². The number of nitrogens with zero attached hydrogens (tertiary/aromatic N) is 2. The topological polar surface area (TPSA) is 38.1 Å². The first-order valence-corrected chi connectivity index (χ1v) is 10.3. The molecule has 4 aromatic rings. The minimum atomic E-state index is -4.87. The van der Waals surface area contributed by atoms with Gasteiger partial charge in [0.1, 0.15) is 5.82 Å². The summed E-state index contributed by atoms with van der Waals surface area (Å²) >= 11 is 0. The molecule has 166 valence electrons. The fourth-order valence-electron chi connectivity index (χ4n) is 4.06. The summed E-state index contributed by atoms with van der Waals surface area (Å²) in [5.41, 5.74) is -1.23. The molecular formula is C25H22F4N2O. The van der Waals surface area contributed by atoms with Gasteiger partial charge in [0.25, 0.3) is 0 Å². The number of pyridine rings is 1. The average molecular weight is 442 g/mol. The lowest BCUT2D eigenvalue weighted by molar-refractivity contribution is -0.269. The highest BCUT2D eigenvalue weighted by Crippen LogP contribution is 2.45. The van der Waals surface area contributed by atoms with Crippen molar-refractivity contribution in [1.82, 2.24) is 9.55 Å². The predicted octanol–water partition coefficient (Wildman–Crippen LogP) is 6.00. The van der Waals surface area contributed by atoms with Crippen LogP contribution in [0.5, 0.6) is 0 Å². The van der Waals surface area contributed by atoms with E-state index in [9.17, 15) is 22.7 Å². The van der Waals surface area contributed by atoms with Crippen LogP contribution in [0.15, 0.2) is 79.3 Å². The van der Waals surface area contributed by atoms with E-state index in [4.69, 9.17) is 0 Å². The summed E-state index contributed by atoms with van der Waals surface area (Å²) < 4.78 is 57.9. The smallest absolute Gasteiger partial charge is 0.376 e. The van der Waals surface area contributed by atoms with Gasteiger partial charge in [-0.3, -0.25) is 4.98 Å². The van der Waals surface area contributed by atoms with Crippen LogP contribution in [0.25, 0.3) is 10.9 Å². The van der Waals surface area contributed by atoms with E-state index in [-0.39, 0.29) is 18.5 Å². The molecule has 32 heavy (non-hydrogen) atoms. The molecule has 4 rings (SSSR count).